The maximum absolute atomic E-state index is 9.35. The van der Waals surface area contributed by atoms with Crippen LogP contribution in [-0.4, -0.2) is 22.9 Å². The SMILES string of the molecule is CC(CCc1ccccc1)C(O)CO. The second kappa shape index (κ2) is 5.78. The molecule has 2 heteroatoms. The second-order valence-electron chi connectivity index (χ2n) is 3.75. The van der Waals surface area contributed by atoms with Gasteiger partial charge in [0.05, 0.1) is 12.7 Å². The van der Waals surface area contributed by atoms with Crippen LogP contribution in [0.5, 0.6) is 0 Å². The maximum Gasteiger partial charge on any atom is 0.0796 e. The van der Waals surface area contributed by atoms with Crippen molar-refractivity contribution in [2.75, 3.05) is 6.61 Å². The minimum absolute atomic E-state index is 0.143. The van der Waals surface area contributed by atoms with Crippen LogP contribution in [0.3, 0.4) is 0 Å². The molecule has 14 heavy (non-hydrogen) atoms. The van der Waals surface area contributed by atoms with Crippen molar-refractivity contribution in [3.63, 3.8) is 0 Å². The molecule has 0 aromatic heterocycles. The summed E-state index contributed by atoms with van der Waals surface area (Å²) in [5.74, 6) is 0.153. The highest BCUT2D eigenvalue weighted by Gasteiger charge is 2.12. The van der Waals surface area contributed by atoms with Gasteiger partial charge in [-0.1, -0.05) is 37.3 Å². The molecular formula is C12H18O2. The lowest BCUT2D eigenvalue weighted by Crippen LogP contribution is -2.22. The summed E-state index contributed by atoms with van der Waals surface area (Å²) in [5.41, 5.74) is 1.28. The van der Waals surface area contributed by atoms with Crippen LogP contribution in [0, 0.1) is 5.92 Å². The van der Waals surface area contributed by atoms with E-state index in [9.17, 15) is 5.11 Å². The van der Waals surface area contributed by atoms with E-state index in [0.717, 1.165) is 12.8 Å². The molecule has 78 valence electrons. The van der Waals surface area contributed by atoms with E-state index >= 15 is 0 Å². The third-order valence-corrected chi connectivity index (χ3v) is 2.58. The molecule has 2 unspecified atom stereocenters. The first-order chi connectivity index (χ1) is 6.74. The molecule has 2 atom stereocenters. The van der Waals surface area contributed by atoms with Gasteiger partial charge in [0.25, 0.3) is 0 Å². The van der Waals surface area contributed by atoms with Crippen molar-refractivity contribution in [1.82, 2.24) is 0 Å². The van der Waals surface area contributed by atoms with Gasteiger partial charge in [-0.15, -0.1) is 0 Å². The van der Waals surface area contributed by atoms with Crippen LogP contribution in [0.1, 0.15) is 18.9 Å². The van der Waals surface area contributed by atoms with Crippen molar-refractivity contribution >= 4 is 0 Å². The summed E-state index contributed by atoms with van der Waals surface area (Å²) in [6, 6.07) is 10.2. The topological polar surface area (TPSA) is 40.5 Å². The monoisotopic (exact) mass is 194 g/mol. The van der Waals surface area contributed by atoms with Crippen molar-refractivity contribution in [2.24, 2.45) is 5.92 Å². The van der Waals surface area contributed by atoms with E-state index in [-0.39, 0.29) is 12.5 Å². The van der Waals surface area contributed by atoms with Crippen LogP contribution >= 0.6 is 0 Å². The second-order valence-corrected chi connectivity index (χ2v) is 3.75. The van der Waals surface area contributed by atoms with E-state index in [1.54, 1.807) is 0 Å². The molecule has 2 nitrogen and oxygen atoms in total. The van der Waals surface area contributed by atoms with Gasteiger partial charge in [-0.25, -0.2) is 0 Å². The average Bonchev–Trinajstić information content (AvgIpc) is 2.26. The van der Waals surface area contributed by atoms with E-state index < -0.39 is 6.10 Å². The highest BCUT2D eigenvalue weighted by Crippen LogP contribution is 2.12. The maximum atomic E-state index is 9.35. The van der Waals surface area contributed by atoms with Gasteiger partial charge >= 0.3 is 0 Å². The number of rotatable bonds is 5. The lowest BCUT2D eigenvalue weighted by molar-refractivity contribution is 0.0505. The summed E-state index contributed by atoms with van der Waals surface area (Å²) in [6.07, 6.45) is 1.28. The molecule has 0 aliphatic carbocycles. The number of aliphatic hydroxyl groups excluding tert-OH is 2. The fraction of sp³-hybridized carbons (Fsp3) is 0.500. The summed E-state index contributed by atoms with van der Waals surface area (Å²) in [6.45, 7) is 1.82. The average molecular weight is 194 g/mol. The Bertz CT molecular complexity index is 246. The molecular weight excluding hydrogens is 176 g/mol. The summed E-state index contributed by atoms with van der Waals surface area (Å²) >= 11 is 0. The fourth-order valence-corrected chi connectivity index (χ4v) is 1.41. The quantitative estimate of drug-likeness (QED) is 0.747. The first kappa shape index (κ1) is 11.2. The first-order valence-electron chi connectivity index (χ1n) is 5.07. The van der Waals surface area contributed by atoms with Crippen LogP contribution in [-0.2, 0) is 6.42 Å². The van der Waals surface area contributed by atoms with Gasteiger partial charge in [-0.05, 0) is 24.3 Å². The number of aliphatic hydroxyl groups is 2. The molecule has 0 aliphatic rings. The van der Waals surface area contributed by atoms with Crippen molar-refractivity contribution < 1.29 is 10.2 Å². The van der Waals surface area contributed by atoms with E-state index in [4.69, 9.17) is 5.11 Å². The predicted octanol–water partition coefficient (Wildman–Crippen LogP) is 1.61. The van der Waals surface area contributed by atoms with Crippen molar-refractivity contribution in [2.45, 2.75) is 25.9 Å². The summed E-state index contributed by atoms with van der Waals surface area (Å²) in [5, 5.41) is 18.1. The van der Waals surface area contributed by atoms with E-state index in [2.05, 4.69) is 12.1 Å². The third kappa shape index (κ3) is 3.48. The van der Waals surface area contributed by atoms with Gasteiger partial charge in [0.15, 0.2) is 0 Å². The Morgan fingerprint density at radius 1 is 1.21 bits per heavy atom. The third-order valence-electron chi connectivity index (χ3n) is 2.58. The zero-order valence-electron chi connectivity index (χ0n) is 8.56. The number of benzene rings is 1. The first-order valence-corrected chi connectivity index (χ1v) is 5.07. The fourth-order valence-electron chi connectivity index (χ4n) is 1.41. The predicted molar refractivity (Wildman–Crippen MR) is 57.0 cm³/mol. The number of aryl methyl sites for hydroxylation is 1. The van der Waals surface area contributed by atoms with Crippen LogP contribution in [0.25, 0.3) is 0 Å². The molecule has 0 bridgehead atoms. The Labute approximate surface area is 85.2 Å². The molecule has 0 radical (unpaired) electrons. The molecule has 0 aliphatic heterocycles. The molecule has 0 amide bonds. The van der Waals surface area contributed by atoms with Crippen molar-refractivity contribution in [1.29, 1.82) is 0 Å². The highest BCUT2D eigenvalue weighted by molar-refractivity contribution is 5.14. The molecule has 0 heterocycles. The van der Waals surface area contributed by atoms with E-state index in [1.165, 1.54) is 5.56 Å². The Kier molecular flexibility index (Phi) is 4.63. The summed E-state index contributed by atoms with van der Waals surface area (Å²) in [7, 11) is 0. The Morgan fingerprint density at radius 2 is 1.86 bits per heavy atom. The van der Waals surface area contributed by atoms with Gasteiger partial charge < -0.3 is 10.2 Å². The minimum Gasteiger partial charge on any atom is -0.394 e. The molecule has 0 spiro atoms. The Hall–Kier alpha value is -0.860. The molecule has 1 aromatic carbocycles. The van der Waals surface area contributed by atoms with Crippen LogP contribution in [0.2, 0.25) is 0 Å². The molecule has 1 aromatic rings. The van der Waals surface area contributed by atoms with Gasteiger partial charge in [0.1, 0.15) is 0 Å². The zero-order chi connectivity index (χ0) is 10.4. The lowest BCUT2D eigenvalue weighted by Gasteiger charge is -2.16. The van der Waals surface area contributed by atoms with Crippen LogP contribution in [0.4, 0.5) is 0 Å². The van der Waals surface area contributed by atoms with E-state index in [0.29, 0.717) is 0 Å². The van der Waals surface area contributed by atoms with Gasteiger partial charge in [0.2, 0.25) is 0 Å². The van der Waals surface area contributed by atoms with E-state index in [1.807, 2.05) is 25.1 Å². The molecule has 0 fully saturated rings. The summed E-state index contributed by atoms with van der Waals surface area (Å²) < 4.78 is 0. The largest absolute Gasteiger partial charge is 0.394 e. The van der Waals surface area contributed by atoms with Gasteiger partial charge in [0, 0.05) is 0 Å². The molecule has 2 N–H and O–H groups in total. The molecule has 0 saturated carbocycles. The molecule has 1 rings (SSSR count). The molecule has 0 saturated heterocycles. The smallest absolute Gasteiger partial charge is 0.0796 e. The zero-order valence-corrected chi connectivity index (χ0v) is 8.56. The number of hydrogen-bond acceptors (Lipinski definition) is 2. The van der Waals surface area contributed by atoms with Gasteiger partial charge in [-0.3, -0.25) is 0 Å². The van der Waals surface area contributed by atoms with Crippen LogP contribution in [0.15, 0.2) is 30.3 Å². The van der Waals surface area contributed by atoms with Gasteiger partial charge in [-0.2, -0.15) is 0 Å². The van der Waals surface area contributed by atoms with Crippen molar-refractivity contribution in [3.8, 4) is 0 Å². The van der Waals surface area contributed by atoms with Crippen LogP contribution < -0.4 is 0 Å². The highest BCUT2D eigenvalue weighted by atomic mass is 16.3. The van der Waals surface area contributed by atoms with Crippen molar-refractivity contribution in [3.05, 3.63) is 35.9 Å². The summed E-state index contributed by atoms with van der Waals surface area (Å²) in [4.78, 5) is 0. The standard InChI is InChI=1S/C12H18O2/c1-10(12(14)9-13)7-8-11-5-3-2-4-6-11/h2-6,10,12-14H,7-9H2,1H3. The Balaban J connectivity index is 2.34. The normalized spacial score (nSPS) is 15.1. The minimum atomic E-state index is -0.585. The Morgan fingerprint density at radius 3 is 2.43 bits per heavy atom. The number of hydrogen-bond donors (Lipinski definition) is 2. The lowest BCUT2D eigenvalue weighted by atomic mass is 9.96.